The van der Waals surface area contributed by atoms with Gasteiger partial charge in [0, 0.05) is 5.39 Å². The van der Waals surface area contributed by atoms with Crippen LogP contribution in [0, 0.1) is 0 Å². The molecule has 0 bridgehead atoms. The van der Waals surface area contributed by atoms with Gasteiger partial charge in [-0.1, -0.05) is 0 Å². The Morgan fingerprint density at radius 2 is 1.78 bits per heavy atom. The molecular weight excluding hydrogens is 330 g/mol. The second kappa shape index (κ2) is 4.70. The van der Waals surface area contributed by atoms with E-state index in [9.17, 15) is 31.1 Å². The minimum absolute atomic E-state index is 0.0765. The minimum Gasteiger partial charge on any atom is -0.364 e. The number of nitrogens with one attached hydrogen (secondary N) is 1. The summed E-state index contributed by atoms with van der Waals surface area (Å²) in [4.78, 5) is 15.2. The van der Waals surface area contributed by atoms with Crippen molar-refractivity contribution >= 4 is 22.4 Å². The maximum absolute atomic E-state index is 12.8. The first kappa shape index (κ1) is 15.3. The van der Waals surface area contributed by atoms with Gasteiger partial charge in [0.05, 0.1) is 17.6 Å². The molecule has 0 radical (unpaired) electrons. The largest absolute Gasteiger partial charge is 0.432 e. The molecular formula is C12H6F6N4O. The van der Waals surface area contributed by atoms with Crippen LogP contribution in [-0.2, 0) is 6.18 Å². The Balaban J connectivity index is 2.28. The number of alkyl halides is 6. The molecule has 5 nitrogen and oxygen atoms in total. The van der Waals surface area contributed by atoms with Crippen LogP contribution in [0.25, 0.3) is 10.9 Å². The van der Waals surface area contributed by atoms with Crippen LogP contribution in [0.15, 0.2) is 28.1 Å². The average Bonchev–Trinajstić information content (AvgIpc) is 2.44. The van der Waals surface area contributed by atoms with E-state index in [1.54, 1.807) is 0 Å². The van der Waals surface area contributed by atoms with E-state index < -0.39 is 35.9 Å². The fraction of sp³-hybridized carbons (Fsp3) is 0.250. The summed E-state index contributed by atoms with van der Waals surface area (Å²) in [5, 5.41) is 5.29. The fourth-order valence-corrected chi connectivity index (χ4v) is 2.10. The zero-order valence-electron chi connectivity index (χ0n) is 11.0. The zero-order chi connectivity index (χ0) is 17.0. The summed E-state index contributed by atoms with van der Waals surface area (Å²) < 4.78 is 76.5. The minimum atomic E-state index is -4.77. The lowest BCUT2D eigenvalue weighted by Crippen LogP contribution is -2.38. The van der Waals surface area contributed by atoms with Crippen LogP contribution in [0.1, 0.15) is 5.56 Å². The van der Waals surface area contributed by atoms with E-state index in [0.29, 0.717) is 10.7 Å². The normalized spacial score (nSPS) is 15.1. The average molecular weight is 336 g/mol. The second-order valence-corrected chi connectivity index (χ2v) is 4.68. The number of rotatable bonds is 0. The lowest BCUT2D eigenvalue weighted by atomic mass is 10.1. The van der Waals surface area contributed by atoms with Gasteiger partial charge in [-0.25, -0.2) is 4.79 Å². The molecule has 23 heavy (non-hydrogen) atoms. The molecule has 1 aromatic heterocycles. The Morgan fingerprint density at radius 3 is 2.39 bits per heavy atom. The predicted molar refractivity (Wildman–Crippen MR) is 68.4 cm³/mol. The molecule has 0 spiro atoms. The lowest BCUT2D eigenvalue weighted by molar-refractivity contribution is -0.137. The van der Waals surface area contributed by atoms with Gasteiger partial charge >= 0.3 is 18.0 Å². The molecule has 1 aliphatic rings. The number of aromatic nitrogens is 2. The Bertz CT molecular complexity index is 880. The number of nitrogens with zero attached hydrogens (tertiary/aromatic N) is 3. The topological polar surface area (TPSA) is 59.3 Å². The van der Waals surface area contributed by atoms with Crippen LogP contribution in [0.3, 0.4) is 0 Å². The third-order valence-corrected chi connectivity index (χ3v) is 3.16. The Hall–Kier alpha value is -2.59. The number of fused-ring (bicyclic) bond motifs is 3. The monoisotopic (exact) mass is 336 g/mol. The van der Waals surface area contributed by atoms with E-state index in [1.807, 2.05) is 0 Å². The van der Waals surface area contributed by atoms with Crippen LogP contribution in [0.4, 0.5) is 32.2 Å². The molecule has 0 fully saturated rings. The molecule has 1 aliphatic heterocycles. The maximum Gasteiger partial charge on any atom is 0.432 e. The third kappa shape index (κ3) is 2.62. The number of benzene rings is 1. The first-order chi connectivity index (χ1) is 10.6. The van der Waals surface area contributed by atoms with Gasteiger partial charge in [0.25, 0.3) is 0 Å². The van der Waals surface area contributed by atoms with Gasteiger partial charge < -0.3 is 5.32 Å². The SMILES string of the molecule is O=c1nc2ccc(C(F)(F)F)cc2c2n1N=C(C(F)(F)F)CN2. The molecule has 0 amide bonds. The molecule has 11 heteroatoms. The smallest absolute Gasteiger partial charge is 0.364 e. The van der Waals surface area contributed by atoms with Crippen LogP contribution in [-0.4, -0.2) is 28.1 Å². The molecule has 2 aromatic rings. The highest BCUT2D eigenvalue weighted by Gasteiger charge is 2.38. The molecule has 2 heterocycles. The molecule has 0 saturated carbocycles. The molecule has 0 aliphatic carbocycles. The lowest BCUT2D eigenvalue weighted by Gasteiger charge is -2.21. The van der Waals surface area contributed by atoms with Crippen molar-refractivity contribution in [2.24, 2.45) is 5.10 Å². The van der Waals surface area contributed by atoms with E-state index in [2.05, 4.69) is 15.4 Å². The van der Waals surface area contributed by atoms with Gasteiger partial charge in [0.15, 0.2) is 5.71 Å². The van der Waals surface area contributed by atoms with Gasteiger partial charge in [-0.15, -0.1) is 0 Å². The summed E-state index contributed by atoms with van der Waals surface area (Å²) >= 11 is 0. The Kier molecular flexibility index (Phi) is 3.13. The van der Waals surface area contributed by atoms with Crippen molar-refractivity contribution < 1.29 is 26.3 Å². The molecule has 0 atom stereocenters. The number of hydrogen-bond donors (Lipinski definition) is 1. The van der Waals surface area contributed by atoms with Crippen molar-refractivity contribution in [1.29, 1.82) is 0 Å². The van der Waals surface area contributed by atoms with Crippen LogP contribution in [0.2, 0.25) is 0 Å². The van der Waals surface area contributed by atoms with E-state index in [1.165, 1.54) is 0 Å². The van der Waals surface area contributed by atoms with Crippen LogP contribution in [0.5, 0.6) is 0 Å². The first-order valence-electron chi connectivity index (χ1n) is 6.10. The molecule has 0 unspecified atom stereocenters. The van der Waals surface area contributed by atoms with Crippen molar-refractivity contribution in [2.45, 2.75) is 12.4 Å². The summed E-state index contributed by atoms with van der Waals surface area (Å²) in [6, 6.07) is 2.42. The summed E-state index contributed by atoms with van der Waals surface area (Å²) in [7, 11) is 0. The summed E-state index contributed by atoms with van der Waals surface area (Å²) in [6.07, 6.45) is -9.41. The van der Waals surface area contributed by atoms with E-state index >= 15 is 0 Å². The van der Waals surface area contributed by atoms with E-state index in [-0.39, 0.29) is 16.7 Å². The van der Waals surface area contributed by atoms with E-state index in [0.717, 1.165) is 12.1 Å². The molecule has 3 rings (SSSR count). The summed E-state index contributed by atoms with van der Waals surface area (Å²) in [6.45, 7) is -0.766. The third-order valence-electron chi connectivity index (χ3n) is 3.16. The van der Waals surface area contributed by atoms with Crippen molar-refractivity contribution in [3.8, 4) is 0 Å². The predicted octanol–water partition coefficient (Wildman–Crippen LogP) is 2.61. The van der Waals surface area contributed by atoms with Gasteiger partial charge in [-0.3, -0.25) is 0 Å². The van der Waals surface area contributed by atoms with Crippen molar-refractivity contribution in [2.75, 3.05) is 11.9 Å². The van der Waals surface area contributed by atoms with Gasteiger partial charge in [0.1, 0.15) is 5.82 Å². The van der Waals surface area contributed by atoms with Gasteiger partial charge in [0.2, 0.25) is 0 Å². The maximum atomic E-state index is 12.8. The summed E-state index contributed by atoms with van der Waals surface area (Å²) in [5.41, 5.74) is -3.49. The highest BCUT2D eigenvalue weighted by Crippen LogP contribution is 2.33. The second-order valence-electron chi connectivity index (χ2n) is 4.68. The standard InChI is InChI=1S/C12H6F6N4O/c13-11(14,15)5-1-2-7-6(3-5)9-19-4-8(12(16,17)18)21-22(9)10(23)20-7/h1-3,19H,4H2. The number of hydrogen-bond acceptors (Lipinski definition) is 4. The number of anilines is 1. The molecule has 1 aromatic carbocycles. The van der Waals surface area contributed by atoms with Crippen molar-refractivity contribution in [3.63, 3.8) is 0 Å². The molecule has 122 valence electrons. The number of halogens is 6. The van der Waals surface area contributed by atoms with E-state index in [4.69, 9.17) is 0 Å². The molecule has 0 saturated heterocycles. The van der Waals surface area contributed by atoms with Crippen molar-refractivity contribution in [3.05, 3.63) is 34.2 Å². The Morgan fingerprint density at radius 1 is 1.09 bits per heavy atom. The van der Waals surface area contributed by atoms with Crippen LogP contribution < -0.4 is 11.0 Å². The highest BCUT2D eigenvalue weighted by atomic mass is 19.4. The highest BCUT2D eigenvalue weighted by molar-refractivity contribution is 5.98. The molecule has 1 N–H and O–H groups in total. The summed E-state index contributed by atoms with van der Waals surface area (Å²) in [5.74, 6) is -0.265. The van der Waals surface area contributed by atoms with Gasteiger partial charge in [-0.05, 0) is 18.2 Å². The first-order valence-corrected chi connectivity index (χ1v) is 6.10. The van der Waals surface area contributed by atoms with Crippen LogP contribution >= 0.6 is 0 Å². The quantitative estimate of drug-likeness (QED) is 0.753. The Labute approximate surface area is 123 Å². The van der Waals surface area contributed by atoms with Gasteiger partial charge in [-0.2, -0.15) is 41.1 Å². The zero-order valence-corrected chi connectivity index (χ0v) is 11.0. The van der Waals surface area contributed by atoms with Crippen molar-refractivity contribution in [1.82, 2.24) is 9.66 Å². The fourth-order valence-electron chi connectivity index (χ4n) is 2.10.